The smallest absolute Gasteiger partial charge is 0.0632 e. The van der Waals surface area contributed by atoms with Gasteiger partial charge in [-0.05, 0) is 56.8 Å². The fraction of sp³-hybridized carbons (Fsp3) is 0.647. The molecule has 2 rings (SSSR count). The second-order valence-corrected chi connectivity index (χ2v) is 6.89. The number of rotatable bonds is 4. The molecule has 1 saturated heterocycles. The van der Waals surface area contributed by atoms with Gasteiger partial charge in [0.25, 0.3) is 0 Å². The van der Waals surface area contributed by atoms with Gasteiger partial charge in [-0.2, -0.15) is 0 Å². The molecule has 3 nitrogen and oxygen atoms in total. The van der Waals surface area contributed by atoms with Crippen LogP contribution in [0.5, 0.6) is 0 Å². The first-order valence-electron chi connectivity index (χ1n) is 7.90. The lowest BCUT2D eigenvalue weighted by molar-refractivity contribution is 0.0422. The third-order valence-corrected chi connectivity index (χ3v) is 4.83. The largest absolute Gasteiger partial charge is 0.390 e. The Bertz CT molecular complexity index is 447. The summed E-state index contributed by atoms with van der Waals surface area (Å²) in [4.78, 5) is 2.43. The van der Waals surface area contributed by atoms with E-state index in [1.54, 1.807) is 0 Å². The van der Waals surface area contributed by atoms with Crippen molar-refractivity contribution in [3.8, 4) is 0 Å². The fourth-order valence-electron chi connectivity index (χ4n) is 3.17. The summed E-state index contributed by atoms with van der Waals surface area (Å²) < 4.78 is 0. The zero-order chi connectivity index (χ0) is 15.5. The highest BCUT2D eigenvalue weighted by Gasteiger charge is 2.31. The molecule has 1 aromatic rings. The number of nitrogens with zero attached hydrogens (tertiary/aromatic N) is 1. The molecule has 0 aromatic heterocycles. The molecule has 1 aromatic carbocycles. The Balaban J connectivity index is 2.21. The highest BCUT2D eigenvalue weighted by atomic mass is 35.5. The van der Waals surface area contributed by atoms with E-state index in [0.29, 0.717) is 0 Å². The number of halogens is 1. The molecule has 4 heteroatoms. The van der Waals surface area contributed by atoms with Crippen LogP contribution >= 0.6 is 11.6 Å². The molecule has 21 heavy (non-hydrogen) atoms. The summed E-state index contributed by atoms with van der Waals surface area (Å²) in [6.45, 7) is 5.93. The molecule has 1 fully saturated rings. The molecule has 1 aliphatic heterocycles. The number of benzene rings is 1. The molecule has 0 aliphatic carbocycles. The minimum atomic E-state index is -0.546. The molecular formula is C17H27ClN2O. The molecule has 1 aliphatic rings. The molecule has 0 bridgehead atoms. The molecule has 3 unspecified atom stereocenters. The Morgan fingerprint density at radius 3 is 2.57 bits per heavy atom. The van der Waals surface area contributed by atoms with Crippen LogP contribution in [0.1, 0.15) is 51.1 Å². The molecular weight excluding hydrogens is 284 g/mol. The van der Waals surface area contributed by atoms with Gasteiger partial charge >= 0.3 is 0 Å². The first-order chi connectivity index (χ1) is 9.93. The summed E-state index contributed by atoms with van der Waals surface area (Å²) >= 11 is 6.00. The van der Waals surface area contributed by atoms with Crippen molar-refractivity contribution >= 4 is 11.6 Å². The second-order valence-electron chi connectivity index (χ2n) is 6.45. The number of aliphatic hydroxyl groups is 1. The van der Waals surface area contributed by atoms with Crippen molar-refractivity contribution in [2.45, 2.75) is 57.2 Å². The van der Waals surface area contributed by atoms with E-state index in [1.807, 2.05) is 19.1 Å². The van der Waals surface area contributed by atoms with Crippen LogP contribution in [-0.4, -0.2) is 34.7 Å². The monoisotopic (exact) mass is 310 g/mol. The number of hydrogen-bond acceptors (Lipinski definition) is 3. The zero-order valence-corrected chi connectivity index (χ0v) is 13.8. The molecule has 118 valence electrons. The van der Waals surface area contributed by atoms with Gasteiger partial charge in [-0.15, -0.1) is 0 Å². The molecule has 1 heterocycles. The van der Waals surface area contributed by atoms with E-state index in [-0.39, 0.29) is 12.1 Å². The predicted octanol–water partition coefficient (Wildman–Crippen LogP) is 3.36. The van der Waals surface area contributed by atoms with E-state index >= 15 is 0 Å². The second kappa shape index (κ2) is 7.10. The number of likely N-dealkylation sites (tertiary alicyclic amines) is 1. The van der Waals surface area contributed by atoms with Crippen LogP contribution in [0.4, 0.5) is 0 Å². The Hall–Kier alpha value is -0.610. The Kier molecular flexibility index (Phi) is 5.67. The number of nitrogens with two attached hydrogens (primary N) is 1. The third kappa shape index (κ3) is 4.43. The highest BCUT2D eigenvalue weighted by Crippen LogP contribution is 2.31. The normalized spacial score (nSPS) is 27.1. The van der Waals surface area contributed by atoms with E-state index < -0.39 is 5.60 Å². The van der Waals surface area contributed by atoms with Gasteiger partial charge in [-0.25, -0.2) is 0 Å². The van der Waals surface area contributed by atoms with Crippen molar-refractivity contribution < 1.29 is 5.11 Å². The van der Waals surface area contributed by atoms with Crippen LogP contribution in [0.25, 0.3) is 0 Å². The summed E-state index contributed by atoms with van der Waals surface area (Å²) in [6.07, 6.45) is 3.60. The molecule has 0 radical (unpaired) electrons. The average molecular weight is 311 g/mol. The third-order valence-electron chi connectivity index (χ3n) is 4.58. The van der Waals surface area contributed by atoms with Crippen LogP contribution in [0.2, 0.25) is 5.02 Å². The standard InChI is InChI=1S/C17H27ClN2O/c1-3-15(19)16(13-5-7-14(18)8-6-13)20-11-4-9-17(2,21)10-12-20/h5-8,15-16,21H,3-4,9-12,19H2,1-2H3. The van der Waals surface area contributed by atoms with Crippen molar-refractivity contribution in [2.24, 2.45) is 5.73 Å². The van der Waals surface area contributed by atoms with E-state index in [9.17, 15) is 5.11 Å². The minimum absolute atomic E-state index is 0.0919. The van der Waals surface area contributed by atoms with Crippen molar-refractivity contribution in [1.29, 1.82) is 0 Å². The maximum Gasteiger partial charge on any atom is 0.0632 e. The average Bonchev–Trinajstić information content (AvgIpc) is 2.62. The molecule has 3 atom stereocenters. The summed E-state index contributed by atoms with van der Waals surface area (Å²) in [5.41, 5.74) is 7.07. The van der Waals surface area contributed by atoms with E-state index in [1.165, 1.54) is 5.56 Å². The van der Waals surface area contributed by atoms with Crippen LogP contribution in [0.15, 0.2) is 24.3 Å². The molecule has 0 saturated carbocycles. The summed E-state index contributed by atoms with van der Waals surface area (Å²) in [7, 11) is 0. The van der Waals surface area contributed by atoms with Gasteiger partial charge in [0.05, 0.1) is 5.60 Å². The van der Waals surface area contributed by atoms with Gasteiger partial charge < -0.3 is 10.8 Å². The van der Waals surface area contributed by atoms with Crippen molar-refractivity contribution in [1.82, 2.24) is 4.90 Å². The lowest BCUT2D eigenvalue weighted by Crippen LogP contribution is -2.41. The molecule has 0 spiro atoms. The first-order valence-corrected chi connectivity index (χ1v) is 8.28. The first kappa shape index (κ1) is 16.8. The van der Waals surface area contributed by atoms with Crippen LogP contribution in [0, 0.1) is 0 Å². The molecule has 0 amide bonds. The lowest BCUT2D eigenvalue weighted by Gasteiger charge is -2.35. The van der Waals surface area contributed by atoms with E-state index in [2.05, 4.69) is 24.0 Å². The zero-order valence-electron chi connectivity index (χ0n) is 13.1. The Morgan fingerprint density at radius 1 is 1.29 bits per heavy atom. The van der Waals surface area contributed by atoms with Crippen LogP contribution in [0.3, 0.4) is 0 Å². The van der Waals surface area contributed by atoms with E-state index in [0.717, 1.165) is 43.8 Å². The van der Waals surface area contributed by atoms with Crippen LogP contribution < -0.4 is 5.73 Å². The maximum atomic E-state index is 10.3. The van der Waals surface area contributed by atoms with Crippen LogP contribution in [-0.2, 0) is 0 Å². The maximum absolute atomic E-state index is 10.3. The van der Waals surface area contributed by atoms with Gasteiger partial charge in [0.1, 0.15) is 0 Å². The van der Waals surface area contributed by atoms with Gasteiger partial charge in [0.2, 0.25) is 0 Å². The van der Waals surface area contributed by atoms with Gasteiger partial charge in [-0.3, -0.25) is 4.90 Å². The summed E-state index contributed by atoms with van der Waals surface area (Å²) in [5.74, 6) is 0. The van der Waals surface area contributed by atoms with Crippen molar-refractivity contribution in [2.75, 3.05) is 13.1 Å². The topological polar surface area (TPSA) is 49.5 Å². The Morgan fingerprint density at radius 2 is 1.95 bits per heavy atom. The number of hydrogen-bond donors (Lipinski definition) is 2. The summed E-state index contributed by atoms with van der Waals surface area (Å²) in [6, 6.07) is 8.30. The van der Waals surface area contributed by atoms with E-state index in [4.69, 9.17) is 17.3 Å². The SMILES string of the molecule is CCC(N)C(c1ccc(Cl)cc1)N1CCCC(C)(O)CC1. The van der Waals surface area contributed by atoms with Crippen molar-refractivity contribution in [3.05, 3.63) is 34.9 Å². The lowest BCUT2D eigenvalue weighted by atomic mass is 9.95. The predicted molar refractivity (Wildman–Crippen MR) is 88.5 cm³/mol. The fourth-order valence-corrected chi connectivity index (χ4v) is 3.30. The highest BCUT2D eigenvalue weighted by molar-refractivity contribution is 6.30. The minimum Gasteiger partial charge on any atom is -0.390 e. The Labute approximate surface area is 133 Å². The summed E-state index contributed by atoms with van der Waals surface area (Å²) in [5, 5.41) is 11.0. The van der Waals surface area contributed by atoms with Gasteiger partial charge in [0, 0.05) is 23.7 Å². The van der Waals surface area contributed by atoms with Gasteiger partial charge in [-0.1, -0.05) is 30.7 Å². The molecule has 3 N–H and O–H groups in total. The van der Waals surface area contributed by atoms with Gasteiger partial charge in [0.15, 0.2) is 0 Å². The quantitative estimate of drug-likeness (QED) is 0.896. The van der Waals surface area contributed by atoms with Crippen molar-refractivity contribution in [3.63, 3.8) is 0 Å².